The highest BCUT2D eigenvalue weighted by atomic mass is 32.2. The van der Waals surface area contributed by atoms with E-state index in [1.54, 1.807) is 31.4 Å². The van der Waals surface area contributed by atoms with E-state index < -0.39 is 0 Å². The molecule has 0 spiro atoms. The normalized spacial score (nSPS) is 11.7. The zero-order chi connectivity index (χ0) is 24.0. The average molecular weight is 468 g/mol. The second-order valence-electron chi connectivity index (χ2n) is 7.61. The van der Waals surface area contributed by atoms with Gasteiger partial charge in [-0.2, -0.15) is 0 Å². The Balaban J connectivity index is 1.63. The number of aryl methyl sites for hydroxylation is 2. The van der Waals surface area contributed by atoms with Crippen molar-refractivity contribution in [1.82, 2.24) is 20.1 Å². The fourth-order valence-corrected chi connectivity index (χ4v) is 4.24. The molecule has 2 amide bonds. The number of nitrogens with one attached hydrogen (secondary N) is 2. The summed E-state index contributed by atoms with van der Waals surface area (Å²) in [6.07, 6.45) is 0. The number of ether oxygens (including phenoxy) is 1. The lowest BCUT2D eigenvalue weighted by atomic mass is 10.1. The number of hydrogen-bond donors (Lipinski definition) is 2. The van der Waals surface area contributed by atoms with E-state index in [9.17, 15) is 9.59 Å². The molecule has 0 aliphatic carbocycles. The molecule has 33 heavy (non-hydrogen) atoms. The Morgan fingerprint density at radius 2 is 1.76 bits per heavy atom. The van der Waals surface area contributed by atoms with Gasteiger partial charge < -0.3 is 19.9 Å². The van der Waals surface area contributed by atoms with Crippen molar-refractivity contribution in [2.24, 2.45) is 0 Å². The zero-order valence-electron chi connectivity index (χ0n) is 19.5. The zero-order valence-corrected chi connectivity index (χ0v) is 20.3. The van der Waals surface area contributed by atoms with E-state index in [1.807, 2.05) is 50.5 Å². The summed E-state index contributed by atoms with van der Waals surface area (Å²) in [4.78, 5) is 25.1. The summed E-state index contributed by atoms with van der Waals surface area (Å²) in [6, 6.07) is 12.5. The van der Waals surface area contributed by atoms with Crippen molar-refractivity contribution in [2.75, 3.05) is 18.2 Å². The third kappa shape index (κ3) is 5.92. The third-order valence-corrected chi connectivity index (χ3v) is 6.19. The van der Waals surface area contributed by atoms with Gasteiger partial charge in [-0.25, -0.2) is 0 Å². The van der Waals surface area contributed by atoms with E-state index in [4.69, 9.17) is 4.74 Å². The number of methoxy groups -OCH3 is 1. The maximum Gasteiger partial charge on any atom is 0.251 e. The molecule has 0 saturated carbocycles. The number of para-hydroxylation sites is 1. The first-order valence-corrected chi connectivity index (χ1v) is 11.7. The van der Waals surface area contributed by atoms with Crippen molar-refractivity contribution in [1.29, 1.82) is 0 Å². The van der Waals surface area contributed by atoms with Crippen LogP contribution >= 0.6 is 11.8 Å². The van der Waals surface area contributed by atoms with Crippen LogP contribution in [0.4, 0.5) is 5.69 Å². The molecule has 0 fully saturated rings. The van der Waals surface area contributed by atoms with Crippen molar-refractivity contribution in [3.63, 3.8) is 0 Å². The Kier molecular flexibility index (Phi) is 8.11. The lowest BCUT2D eigenvalue weighted by molar-refractivity contribution is -0.113. The van der Waals surface area contributed by atoms with Crippen molar-refractivity contribution >= 4 is 29.3 Å². The molecule has 0 aliphatic rings. The Bertz CT molecular complexity index is 1110. The van der Waals surface area contributed by atoms with E-state index in [2.05, 4.69) is 20.8 Å². The Labute approximate surface area is 198 Å². The van der Waals surface area contributed by atoms with Crippen LogP contribution in [0.5, 0.6) is 5.75 Å². The highest BCUT2D eigenvalue weighted by Crippen LogP contribution is 2.23. The van der Waals surface area contributed by atoms with Crippen molar-refractivity contribution in [3.05, 3.63) is 65.0 Å². The van der Waals surface area contributed by atoms with Crippen LogP contribution in [0.3, 0.4) is 0 Å². The third-order valence-electron chi connectivity index (χ3n) is 5.23. The van der Waals surface area contributed by atoms with Gasteiger partial charge in [-0.05, 0) is 63.1 Å². The number of amides is 2. The molecule has 0 radical (unpaired) electrons. The topological polar surface area (TPSA) is 98.1 Å². The average Bonchev–Trinajstić information content (AvgIpc) is 3.23. The molecule has 1 heterocycles. The number of anilines is 1. The first-order chi connectivity index (χ1) is 15.8. The number of thioether (sulfide) groups is 1. The summed E-state index contributed by atoms with van der Waals surface area (Å²) in [7, 11) is 1.58. The van der Waals surface area contributed by atoms with E-state index in [0.717, 1.165) is 16.8 Å². The van der Waals surface area contributed by atoms with Crippen molar-refractivity contribution in [3.8, 4) is 5.75 Å². The van der Waals surface area contributed by atoms with Crippen LogP contribution in [0.2, 0.25) is 0 Å². The molecule has 2 N–H and O–H groups in total. The molecule has 3 rings (SSSR count). The molecule has 1 unspecified atom stereocenters. The molecule has 0 aliphatic heterocycles. The first-order valence-electron chi connectivity index (χ1n) is 10.7. The number of carbonyl (C=O) groups is 2. The first kappa shape index (κ1) is 24.3. The highest BCUT2D eigenvalue weighted by Gasteiger charge is 2.20. The smallest absolute Gasteiger partial charge is 0.251 e. The molecule has 9 heteroatoms. The SMILES string of the molecule is CCn1c(SCC(=O)Nc2c(C)cccc2C)nnc1C(C)NC(=O)c1ccc(OC)cc1. The monoisotopic (exact) mass is 467 g/mol. The highest BCUT2D eigenvalue weighted by molar-refractivity contribution is 7.99. The minimum absolute atomic E-state index is 0.106. The van der Waals surface area contributed by atoms with Gasteiger partial charge in [-0.15, -0.1) is 10.2 Å². The number of rotatable bonds is 9. The van der Waals surface area contributed by atoms with Crippen LogP contribution in [-0.4, -0.2) is 39.4 Å². The van der Waals surface area contributed by atoms with Gasteiger partial charge in [0.2, 0.25) is 5.91 Å². The minimum Gasteiger partial charge on any atom is -0.497 e. The number of carbonyl (C=O) groups excluding carboxylic acids is 2. The van der Waals surface area contributed by atoms with Gasteiger partial charge in [0.1, 0.15) is 5.75 Å². The number of hydrogen-bond acceptors (Lipinski definition) is 6. The van der Waals surface area contributed by atoms with E-state index >= 15 is 0 Å². The number of nitrogens with zero attached hydrogens (tertiary/aromatic N) is 3. The summed E-state index contributed by atoms with van der Waals surface area (Å²) < 4.78 is 7.05. The fourth-order valence-electron chi connectivity index (χ4n) is 3.43. The summed E-state index contributed by atoms with van der Waals surface area (Å²) in [5, 5.41) is 15.1. The van der Waals surface area contributed by atoms with Crippen LogP contribution in [0.15, 0.2) is 47.6 Å². The van der Waals surface area contributed by atoms with E-state index in [1.165, 1.54) is 11.8 Å². The standard InChI is InChI=1S/C24H29N5O3S/c1-6-29-22(17(4)25-23(31)18-10-12-19(32-5)13-11-18)27-28-24(29)33-14-20(30)26-21-15(2)8-7-9-16(21)3/h7-13,17H,6,14H2,1-5H3,(H,25,31)(H,26,30). The lowest BCUT2D eigenvalue weighted by Crippen LogP contribution is -2.28. The maximum atomic E-state index is 12.6. The second-order valence-corrected chi connectivity index (χ2v) is 8.55. The van der Waals surface area contributed by atoms with Gasteiger partial charge in [-0.3, -0.25) is 9.59 Å². The largest absolute Gasteiger partial charge is 0.497 e. The summed E-state index contributed by atoms with van der Waals surface area (Å²) >= 11 is 1.32. The molecule has 174 valence electrons. The van der Waals surface area contributed by atoms with Crippen LogP contribution in [0.1, 0.15) is 47.2 Å². The van der Waals surface area contributed by atoms with Gasteiger partial charge in [0, 0.05) is 17.8 Å². The lowest BCUT2D eigenvalue weighted by Gasteiger charge is -2.15. The summed E-state index contributed by atoms with van der Waals surface area (Å²) in [6.45, 7) is 8.39. The Morgan fingerprint density at radius 1 is 1.09 bits per heavy atom. The van der Waals surface area contributed by atoms with Gasteiger partial charge in [0.05, 0.1) is 18.9 Å². The van der Waals surface area contributed by atoms with Crippen molar-refractivity contribution in [2.45, 2.75) is 45.4 Å². The van der Waals surface area contributed by atoms with Crippen molar-refractivity contribution < 1.29 is 14.3 Å². The van der Waals surface area contributed by atoms with Crippen LogP contribution in [0.25, 0.3) is 0 Å². The van der Waals surface area contributed by atoms with Crippen LogP contribution in [0, 0.1) is 13.8 Å². The van der Waals surface area contributed by atoms with E-state index in [-0.39, 0.29) is 23.6 Å². The quantitative estimate of drug-likeness (QED) is 0.459. The molecule has 3 aromatic rings. The molecular weight excluding hydrogens is 438 g/mol. The van der Waals surface area contributed by atoms with Crippen LogP contribution in [-0.2, 0) is 11.3 Å². The maximum absolute atomic E-state index is 12.6. The predicted octanol–water partition coefficient (Wildman–Crippen LogP) is 4.15. The molecule has 0 bridgehead atoms. The fraction of sp³-hybridized carbons (Fsp3) is 0.333. The molecule has 1 aromatic heterocycles. The molecular formula is C24H29N5O3S. The molecule has 0 saturated heterocycles. The van der Waals surface area contributed by atoms with Gasteiger partial charge >= 0.3 is 0 Å². The molecule has 2 aromatic carbocycles. The number of aromatic nitrogens is 3. The van der Waals surface area contributed by atoms with Gasteiger partial charge in [0.25, 0.3) is 5.91 Å². The predicted molar refractivity (Wildman–Crippen MR) is 130 cm³/mol. The van der Waals surface area contributed by atoms with Crippen LogP contribution < -0.4 is 15.4 Å². The second kappa shape index (κ2) is 11.0. The summed E-state index contributed by atoms with van der Waals surface area (Å²) in [5.74, 6) is 1.22. The molecule has 8 nitrogen and oxygen atoms in total. The van der Waals surface area contributed by atoms with E-state index in [0.29, 0.717) is 28.8 Å². The van der Waals surface area contributed by atoms with Gasteiger partial charge in [-0.1, -0.05) is 30.0 Å². The Hall–Kier alpha value is -3.33. The Morgan fingerprint density at radius 3 is 2.36 bits per heavy atom. The number of benzene rings is 2. The van der Waals surface area contributed by atoms with Gasteiger partial charge in [0.15, 0.2) is 11.0 Å². The summed E-state index contributed by atoms with van der Waals surface area (Å²) in [5.41, 5.74) is 3.42. The molecule has 1 atom stereocenters. The minimum atomic E-state index is -0.357.